The molecule has 9 heteroatoms. The van der Waals surface area contributed by atoms with Crippen LogP contribution in [0.25, 0.3) is 10.9 Å². The Kier molecular flexibility index (Phi) is 6.99. The minimum absolute atomic E-state index is 0.0442. The maximum Gasteiger partial charge on any atom is 0.319 e. The number of carbonyl (C=O) groups is 2. The molecule has 0 unspecified atom stereocenters. The van der Waals surface area contributed by atoms with Crippen LogP contribution in [0.4, 0.5) is 10.5 Å². The summed E-state index contributed by atoms with van der Waals surface area (Å²) in [5, 5.41) is 6.62. The summed E-state index contributed by atoms with van der Waals surface area (Å²) >= 11 is 0. The van der Waals surface area contributed by atoms with Gasteiger partial charge in [-0.25, -0.2) is 4.79 Å². The zero-order valence-corrected chi connectivity index (χ0v) is 18.8. The fourth-order valence-electron chi connectivity index (χ4n) is 3.83. The highest BCUT2D eigenvalue weighted by Crippen LogP contribution is 2.26. The van der Waals surface area contributed by atoms with E-state index in [1.807, 2.05) is 33.9 Å². The van der Waals surface area contributed by atoms with Crippen molar-refractivity contribution >= 4 is 28.5 Å². The van der Waals surface area contributed by atoms with Gasteiger partial charge in [-0.05, 0) is 48.0 Å². The fraction of sp³-hybridized carbons (Fsp3) is 0.333. The lowest BCUT2D eigenvalue weighted by Gasteiger charge is -2.27. The van der Waals surface area contributed by atoms with Gasteiger partial charge in [-0.1, -0.05) is 0 Å². The van der Waals surface area contributed by atoms with Gasteiger partial charge in [0.15, 0.2) is 0 Å². The third kappa shape index (κ3) is 5.38. The first-order valence-corrected chi connectivity index (χ1v) is 10.8. The molecule has 2 N–H and O–H groups in total. The number of carbonyl (C=O) groups excluding carboxylic acids is 2. The van der Waals surface area contributed by atoms with Crippen LogP contribution in [0.1, 0.15) is 5.56 Å². The number of hydrogen-bond acceptors (Lipinski definition) is 5. The normalized spacial score (nSPS) is 13.6. The Labute approximate surface area is 192 Å². The van der Waals surface area contributed by atoms with Crippen molar-refractivity contribution in [3.8, 4) is 11.5 Å². The summed E-state index contributed by atoms with van der Waals surface area (Å²) in [6.45, 7) is 2.85. The van der Waals surface area contributed by atoms with Crippen LogP contribution in [0.15, 0.2) is 48.7 Å². The topological polar surface area (TPSA) is 94.1 Å². The van der Waals surface area contributed by atoms with Gasteiger partial charge in [-0.15, -0.1) is 0 Å². The van der Waals surface area contributed by atoms with E-state index in [0.29, 0.717) is 50.0 Å². The SMILES string of the molecule is COc1ccc(NC(=O)NCc2cn(CC(=O)N3CCOCC3)c3ccc(OC)cc23)cc1. The van der Waals surface area contributed by atoms with Crippen molar-refractivity contribution in [2.75, 3.05) is 45.8 Å². The molecule has 33 heavy (non-hydrogen) atoms. The molecule has 0 bridgehead atoms. The van der Waals surface area contributed by atoms with E-state index in [-0.39, 0.29) is 18.5 Å². The van der Waals surface area contributed by atoms with Crippen LogP contribution in [-0.4, -0.2) is 61.9 Å². The number of rotatable bonds is 7. The maximum atomic E-state index is 12.8. The largest absolute Gasteiger partial charge is 0.497 e. The average molecular weight is 453 g/mol. The van der Waals surface area contributed by atoms with Gasteiger partial charge in [-0.2, -0.15) is 0 Å². The van der Waals surface area contributed by atoms with E-state index in [4.69, 9.17) is 14.2 Å². The molecule has 0 spiro atoms. The van der Waals surface area contributed by atoms with Gasteiger partial charge in [0, 0.05) is 42.4 Å². The first kappa shape index (κ1) is 22.5. The Morgan fingerprint density at radius 3 is 2.39 bits per heavy atom. The molecule has 1 fully saturated rings. The van der Waals surface area contributed by atoms with E-state index in [2.05, 4.69) is 10.6 Å². The number of benzene rings is 2. The van der Waals surface area contributed by atoms with E-state index >= 15 is 0 Å². The van der Waals surface area contributed by atoms with Gasteiger partial charge in [0.05, 0.1) is 27.4 Å². The second-order valence-corrected chi connectivity index (χ2v) is 7.69. The summed E-state index contributed by atoms with van der Waals surface area (Å²) in [5.74, 6) is 1.47. The average Bonchev–Trinajstić information content (AvgIpc) is 3.20. The van der Waals surface area contributed by atoms with Crippen molar-refractivity contribution in [3.05, 3.63) is 54.2 Å². The number of hydrogen-bond donors (Lipinski definition) is 2. The summed E-state index contributed by atoms with van der Waals surface area (Å²) in [7, 11) is 3.20. The summed E-state index contributed by atoms with van der Waals surface area (Å²) in [5.41, 5.74) is 2.46. The predicted molar refractivity (Wildman–Crippen MR) is 125 cm³/mol. The lowest BCUT2D eigenvalue weighted by molar-refractivity contribution is -0.135. The number of methoxy groups -OCH3 is 2. The maximum absolute atomic E-state index is 12.8. The van der Waals surface area contributed by atoms with Crippen LogP contribution in [-0.2, 0) is 22.6 Å². The molecule has 0 saturated carbocycles. The van der Waals surface area contributed by atoms with Gasteiger partial charge in [0.1, 0.15) is 18.0 Å². The number of nitrogens with zero attached hydrogens (tertiary/aromatic N) is 2. The van der Waals surface area contributed by atoms with Gasteiger partial charge >= 0.3 is 6.03 Å². The molecule has 1 aliphatic heterocycles. The Balaban J connectivity index is 1.48. The molecule has 1 aromatic heterocycles. The van der Waals surface area contributed by atoms with Crippen molar-refractivity contribution in [2.24, 2.45) is 0 Å². The smallest absolute Gasteiger partial charge is 0.319 e. The minimum atomic E-state index is -0.326. The van der Waals surface area contributed by atoms with E-state index in [1.165, 1.54) is 0 Å². The lowest BCUT2D eigenvalue weighted by atomic mass is 10.1. The molecule has 0 aliphatic carbocycles. The summed E-state index contributed by atoms with van der Waals surface area (Å²) in [6, 6.07) is 12.5. The van der Waals surface area contributed by atoms with Crippen LogP contribution in [0.3, 0.4) is 0 Å². The highest BCUT2D eigenvalue weighted by atomic mass is 16.5. The van der Waals surface area contributed by atoms with Crippen molar-refractivity contribution in [1.29, 1.82) is 0 Å². The van der Waals surface area contributed by atoms with Gasteiger partial charge < -0.3 is 34.3 Å². The Hall–Kier alpha value is -3.72. The van der Waals surface area contributed by atoms with E-state index in [1.54, 1.807) is 38.5 Å². The second kappa shape index (κ2) is 10.3. The Morgan fingerprint density at radius 1 is 1.00 bits per heavy atom. The molecule has 1 saturated heterocycles. The molecule has 0 atom stereocenters. The minimum Gasteiger partial charge on any atom is -0.497 e. The molecular weight excluding hydrogens is 424 g/mol. The molecule has 3 aromatic rings. The zero-order chi connectivity index (χ0) is 23.2. The van der Waals surface area contributed by atoms with Crippen molar-refractivity contribution in [3.63, 3.8) is 0 Å². The van der Waals surface area contributed by atoms with E-state index in [9.17, 15) is 9.59 Å². The van der Waals surface area contributed by atoms with Crippen LogP contribution >= 0.6 is 0 Å². The molecule has 174 valence electrons. The summed E-state index contributed by atoms with van der Waals surface area (Å²) in [4.78, 5) is 27.0. The number of nitrogens with one attached hydrogen (secondary N) is 2. The number of anilines is 1. The number of morpholine rings is 1. The van der Waals surface area contributed by atoms with Crippen LogP contribution in [0.2, 0.25) is 0 Å². The number of urea groups is 1. The van der Waals surface area contributed by atoms with Gasteiger partial charge in [0.25, 0.3) is 0 Å². The van der Waals surface area contributed by atoms with E-state index in [0.717, 1.165) is 16.5 Å². The molecule has 1 aliphatic rings. The highest BCUT2D eigenvalue weighted by molar-refractivity contribution is 5.91. The van der Waals surface area contributed by atoms with Crippen LogP contribution in [0, 0.1) is 0 Å². The lowest BCUT2D eigenvalue weighted by Crippen LogP contribution is -2.42. The molecule has 9 nitrogen and oxygen atoms in total. The predicted octanol–water partition coefficient (Wildman–Crippen LogP) is 2.84. The summed E-state index contributed by atoms with van der Waals surface area (Å²) in [6.07, 6.45) is 1.91. The van der Waals surface area contributed by atoms with Crippen LogP contribution in [0.5, 0.6) is 11.5 Å². The standard InChI is InChI=1S/C24H28N4O5/c1-31-19-5-3-18(4-6-19)26-24(30)25-14-17-15-28(16-23(29)27-9-11-33-12-10-27)22-8-7-20(32-2)13-21(17)22/h3-8,13,15H,9-12,14,16H2,1-2H3,(H2,25,26,30). The Morgan fingerprint density at radius 2 is 1.70 bits per heavy atom. The second-order valence-electron chi connectivity index (χ2n) is 7.69. The van der Waals surface area contributed by atoms with Gasteiger partial charge in [-0.3, -0.25) is 4.79 Å². The number of ether oxygens (including phenoxy) is 3. The number of aromatic nitrogens is 1. The number of amides is 3. The third-order valence-electron chi connectivity index (χ3n) is 5.63. The van der Waals surface area contributed by atoms with Crippen molar-refractivity contribution in [2.45, 2.75) is 13.1 Å². The molecule has 2 heterocycles. The van der Waals surface area contributed by atoms with Crippen molar-refractivity contribution < 1.29 is 23.8 Å². The molecule has 4 rings (SSSR count). The van der Waals surface area contributed by atoms with Crippen molar-refractivity contribution in [1.82, 2.24) is 14.8 Å². The molecule has 0 radical (unpaired) electrons. The first-order chi connectivity index (χ1) is 16.1. The Bertz CT molecular complexity index is 1120. The molecular formula is C24H28N4O5. The third-order valence-corrected chi connectivity index (χ3v) is 5.63. The fourth-order valence-corrected chi connectivity index (χ4v) is 3.83. The van der Waals surface area contributed by atoms with Gasteiger partial charge in [0.2, 0.25) is 5.91 Å². The quantitative estimate of drug-likeness (QED) is 0.575. The molecule has 2 aromatic carbocycles. The molecule has 3 amide bonds. The van der Waals surface area contributed by atoms with Crippen LogP contribution < -0.4 is 20.1 Å². The monoisotopic (exact) mass is 452 g/mol. The highest BCUT2D eigenvalue weighted by Gasteiger charge is 2.19. The summed E-state index contributed by atoms with van der Waals surface area (Å²) < 4.78 is 17.8. The van der Waals surface area contributed by atoms with E-state index < -0.39 is 0 Å². The number of fused-ring (bicyclic) bond motifs is 1. The zero-order valence-electron chi connectivity index (χ0n) is 18.8. The first-order valence-electron chi connectivity index (χ1n) is 10.8.